The maximum absolute atomic E-state index is 4.83. The summed E-state index contributed by atoms with van der Waals surface area (Å²) in [6.45, 7) is 0. The van der Waals surface area contributed by atoms with Gasteiger partial charge in [0.1, 0.15) is 0 Å². The molecular weight excluding hydrogens is 167 g/mol. The molecule has 0 aromatic heterocycles. The molecule has 0 saturated heterocycles. The van der Waals surface area contributed by atoms with E-state index in [9.17, 15) is 0 Å². The van der Waals surface area contributed by atoms with E-state index >= 15 is 0 Å². The minimum atomic E-state index is 0. The number of hydrogen-bond acceptors (Lipinski definition) is 2. The molecule has 1 aromatic carbocycles. The van der Waals surface area contributed by atoms with Gasteiger partial charge < -0.3 is 12.6 Å². The van der Waals surface area contributed by atoms with Crippen molar-refractivity contribution in [3.63, 3.8) is 0 Å². The summed E-state index contributed by atoms with van der Waals surface area (Å²) in [7, 11) is 0. The van der Waals surface area contributed by atoms with E-state index in [1.54, 1.807) is 0 Å². The van der Waals surface area contributed by atoms with Crippen LogP contribution < -0.4 is 18.9 Å². The molecule has 0 aliphatic carbocycles. The van der Waals surface area contributed by atoms with Gasteiger partial charge in [0.2, 0.25) is 0 Å². The van der Waals surface area contributed by atoms with Crippen molar-refractivity contribution in [2.75, 3.05) is 11.5 Å². The first-order valence-electron chi connectivity index (χ1n) is 3.19. The average molecular weight is 176 g/mol. The molecule has 0 atom stereocenters. The van der Waals surface area contributed by atoms with Crippen LogP contribution in [-0.2, 0) is 12.6 Å². The van der Waals surface area contributed by atoms with Crippen molar-refractivity contribution in [1.82, 2.24) is 0 Å². The second-order valence-corrected chi connectivity index (χ2v) is 3.44. The molecule has 0 N–H and O–H groups in total. The van der Waals surface area contributed by atoms with Crippen LogP contribution in [0.25, 0.3) is 0 Å². The van der Waals surface area contributed by atoms with Gasteiger partial charge in [-0.15, -0.1) is 11.8 Å². The van der Waals surface area contributed by atoms with Gasteiger partial charge in [0, 0.05) is 4.90 Å². The van der Waals surface area contributed by atoms with E-state index in [1.807, 2.05) is 30.0 Å². The summed E-state index contributed by atoms with van der Waals surface area (Å²) in [5.41, 5.74) is 0. The summed E-state index contributed by atoms with van der Waals surface area (Å²) in [5, 5.41) is 0. The third-order valence-corrected chi connectivity index (χ3v) is 2.57. The molecule has 0 heterocycles. The largest absolute Gasteiger partial charge is 1.00 e. The first-order chi connectivity index (χ1) is 4.93. The summed E-state index contributed by atoms with van der Waals surface area (Å²) >= 11 is 6.65. The molecule has 0 fully saturated rings. The van der Waals surface area contributed by atoms with Gasteiger partial charge >= 0.3 is 18.9 Å². The number of rotatable bonds is 3. The van der Waals surface area contributed by atoms with Crippen molar-refractivity contribution in [2.24, 2.45) is 0 Å². The summed E-state index contributed by atoms with van der Waals surface area (Å²) in [4.78, 5) is 1.31. The maximum atomic E-state index is 4.83. The third-order valence-electron chi connectivity index (χ3n) is 1.10. The Bertz CT molecular complexity index is 177. The van der Waals surface area contributed by atoms with Crippen LogP contribution in [0.1, 0.15) is 0 Å². The van der Waals surface area contributed by atoms with E-state index in [-0.39, 0.29) is 18.9 Å². The smallest absolute Gasteiger partial charge is 0.792 e. The van der Waals surface area contributed by atoms with Crippen molar-refractivity contribution < 1.29 is 18.9 Å². The molecule has 1 aromatic rings. The van der Waals surface area contributed by atoms with Crippen LogP contribution in [0, 0.1) is 0 Å². The Hall–Kier alpha value is 0.517. The van der Waals surface area contributed by atoms with Crippen LogP contribution in [0.3, 0.4) is 0 Å². The molecule has 0 amide bonds. The van der Waals surface area contributed by atoms with Crippen LogP contribution in [-0.4, -0.2) is 11.5 Å². The average Bonchev–Trinajstić information content (AvgIpc) is 2.03. The van der Waals surface area contributed by atoms with Gasteiger partial charge in [-0.3, -0.25) is 0 Å². The Labute approximate surface area is 89.7 Å². The van der Waals surface area contributed by atoms with E-state index in [0.717, 1.165) is 11.5 Å². The van der Waals surface area contributed by atoms with Crippen LogP contribution in [0.15, 0.2) is 35.2 Å². The minimum absolute atomic E-state index is 0. The van der Waals surface area contributed by atoms with E-state index in [2.05, 4.69) is 12.1 Å². The van der Waals surface area contributed by atoms with Gasteiger partial charge in [-0.25, -0.2) is 0 Å². The Morgan fingerprint density at radius 1 is 1.18 bits per heavy atom. The van der Waals surface area contributed by atoms with E-state index in [1.165, 1.54) is 4.90 Å². The Balaban J connectivity index is 0.000001000. The fraction of sp³-hybridized carbons (Fsp3) is 0.250. The predicted molar refractivity (Wildman–Crippen MR) is 49.4 cm³/mol. The van der Waals surface area contributed by atoms with Gasteiger partial charge in [0.25, 0.3) is 0 Å². The zero-order valence-corrected chi connectivity index (χ0v) is 8.25. The van der Waals surface area contributed by atoms with Crippen molar-refractivity contribution in [3.05, 3.63) is 30.3 Å². The van der Waals surface area contributed by atoms with Crippen molar-refractivity contribution in [3.8, 4) is 0 Å². The van der Waals surface area contributed by atoms with E-state index in [0.29, 0.717) is 0 Å². The number of thioether (sulfide) groups is 1. The van der Waals surface area contributed by atoms with Crippen LogP contribution >= 0.6 is 11.8 Å². The predicted octanol–water partition coefficient (Wildman–Crippen LogP) is -0.670. The van der Waals surface area contributed by atoms with E-state index < -0.39 is 0 Å². The monoisotopic (exact) mass is 176 g/mol. The zero-order chi connectivity index (χ0) is 7.23. The molecule has 0 unspecified atom stereocenters. The van der Waals surface area contributed by atoms with Gasteiger partial charge in [-0.05, 0) is 17.9 Å². The van der Waals surface area contributed by atoms with Gasteiger partial charge in [-0.2, -0.15) is 5.75 Å². The van der Waals surface area contributed by atoms with Crippen LogP contribution in [0.2, 0.25) is 0 Å². The van der Waals surface area contributed by atoms with Gasteiger partial charge in [0.05, 0.1) is 0 Å². The van der Waals surface area contributed by atoms with Gasteiger partial charge in [0.15, 0.2) is 0 Å². The Morgan fingerprint density at radius 2 is 1.82 bits per heavy atom. The molecular formula is C8H9LiS2. The Kier molecular flexibility index (Phi) is 7.52. The van der Waals surface area contributed by atoms with Gasteiger partial charge in [-0.1, -0.05) is 18.2 Å². The molecule has 1 rings (SSSR count). The minimum Gasteiger partial charge on any atom is -0.792 e. The number of hydrogen-bond donors (Lipinski definition) is 0. The van der Waals surface area contributed by atoms with E-state index in [4.69, 9.17) is 12.6 Å². The molecule has 0 radical (unpaired) electrons. The molecule has 0 nitrogen and oxygen atoms in total. The fourth-order valence-electron chi connectivity index (χ4n) is 0.676. The number of benzene rings is 1. The summed E-state index contributed by atoms with van der Waals surface area (Å²) in [6, 6.07) is 10.3. The first-order valence-corrected chi connectivity index (χ1v) is 4.76. The molecule has 0 saturated carbocycles. The summed E-state index contributed by atoms with van der Waals surface area (Å²) in [6.07, 6.45) is 0. The normalized spacial score (nSPS) is 8.82. The Morgan fingerprint density at radius 3 is 2.36 bits per heavy atom. The molecule has 11 heavy (non-hydrogen) atoms. The van der Waals surface area contributed by atoms with Crippen molar-refractivity contribution >= 4 is 24.4 Å². The molecule has 0 aliphatic rings. The third kappa shape index (κ3) is 4.87. The fourth-order valence-corrected chi connectivity index (χ4v) is 1.59. The first kappa shape index (κ1) is 11.5. The quantitative estimate of drug-likeness (QED) is 0.340. The standard InChI is InChI=1S/C8H10S2.Li/c9-6-7-10-8-4-2-1-3-5-8;/h1-5,9H,6-7H2;/q;+1/p-1. The molecule has 0 spiro atoms. The summed E-state index contributed by atoms with van der Waals surface area (Å²) in [5.74, 6) is 1.87. The molecule has 54 valence electrons. The SMILES string of the molecule is [Li+].[S-]CCSc1ccccc1. The second-order valence-electron chi connectivity index (χ2n) is 1.87. The second kappa shape index (κ2) is 7.18. The maximum Gasteiger partial charge on any atom is 1.00 e. The molecule has 0 aliphatic heterocycles. The van der Waals surface area contributed by atoms with Crippen LogP contribution in [0.5, 0.6) is 0 Å². The summed E-state index contributed by atoms with van der Waals surface area (Å²) < 4.78 is 0. The topological polar surface area (TPSA) is 0 Å². The molecule has 3 heteroatoms. The molecule has 0 bridgehead atoms. The van der Waals surface area contributed by atoms with Crippen molar-refractivity contribution in [2.45, 2.75) is 4.90 Å². The van der Waals surface area contributed by atoms with Crippen LogP contribution in [0.4, 0.5) is 0 Å². The zero-order valence-electron chi connectivity index (χ0n) is 6.62. The van der Waals surface area contributed by atoms with Crippen molar-refractivity contribution in [1.29, 1.82) is 0 Å².